The molecule has 0 radical (unpaired) electrons. The van der Waals surface area contributed by atoms with E-state index in [1.165, 1.54) is 6.33 Å². The molecule has 0 bridgehead atoms. The fourth-order valence-corrected chi connectivity index (χ4v) is 5.22. The third-order valence-electron chi connectivity index (χ3n) is 5.98. The lowest BCUT2D eigenvalue weighted by Gasteiger charge is -2.31. The first-order valence-electron chi connectivity index (χ1n) is 11.0. The molecular formula is C24H28ClN5O2S. The Morgan fingerprint density at radius 2 is 1.61 bits per heavy atom. The number of halogens is 1. The van der Waals surface area contributed by atoms with Crippen LogP contribution in [0.4, 0.5) is 28.7 Å². The van der Waals surface area contributed by atoms with Crippen molar-refractivity contribution >= 4 is 50.1 Å². The van der Waals surface area contributed by atoms with Crippen molar-refractivity contribution in [3.8, 4) is 0 Å². The second-order valence-corrected chi connectivity index (χ2v) is 11.0. The van der Waals surface area contributed by atoms with Crippen molar-refractivity contribution < 1.29 is 8.42 Å². The molecule has 2 heterocycles. The summed E-state index contributed by atoms with van der Waals surface area (Å²) in [5, 5.41) is 7.23. The largest absolute Gasteiger partial charge is 0.364 e. The maximum absolute atomic E-state index is 12.6. The van der Waals surface area contributed by atoms with Gasteiger partial charge in [0, 0.05) is 28.9 Å². The number of anilines is 5. The summed E-state index contributed by atoms with van der Waals surface area (Å²) in [6.07, 6.45) is 3.66. The van der Waals surface area contributed by atoms with Crippen LogP contribution in [0.2, 0.25) is 5.02 Å². The molecule has 4 rings (SSSR count). The Bertz CT molecular complexity index is 1220. The van der Waals surface area contributed by atoms with Crippen LogP contribution >= 0.6 is 11.6 Å². The van der Waals surface area contributed by atoms with Crippen molar-refractivity contribution in [2.24, 2.45) is 0 Å². The predicted molar refractivity (Wildman–Crippen MR) is 135 cm³/mol. The van der Waals surface area contributed by atoms with Crippen molar-refractivity contribution in [3.05, 3.63) is 59.9 Å². The molecule has 174 valence electrons. The van der Waals surface area contributed by atoms with Crippen LogP contribution in [-0.4, -0.2) is 36.2 Å². The molecule has 1 fully saturated rings. The van der Waals surface area contributed by atoms with Crippen LogP contribution in [0.15, 0.2) is 59.8 Å². The lowest BCUT2D eigenvalue weighted by Crippen LogP contribution is -2.33. The Kier molecular flexibility index (Phi) is 6.76. The molecule has 9 heteroatoms. The first kappa shape index (κ1) is 23.3. The molecule has 2 N–H and O–H groups in total. The van der Waals surface area contributed by atoms with E-state index in [4.69, 9.17) is 11.6 Å². The highest BCUT2D eigenvalue weighted by atomic mass is 35.5. The van der Waals surface area contributed by atoms with Crippen LogP contribution in [0.25, 0.3) is 0 Å². The van der Waals surface area contributed by atoms with Crippen LogP contribution in [0.5, 0.6) is 0 Å². The quantitative estimate of drug-likeness (QED) is 0.438. The van der Waals surface area contributed by atoms with Gasteiger partial charge < -0.3 is 15.5 Å². The number of nitrogens with zero attached hydrogens (tertiary/aromatic N) is 3. The Morgan fingerprint density at radius 1 is 0.970 bits per heavy atom. The van der Waals surface area contributed by atoms with E-state index in [1.54, 1.807) is 37.3 Å². The molecule has 3 aromatic rings. The second kappa shape index (κ2) is 9.57. The summed E-state index contributed by atoms with van der Waals surface area (Å²) in [6.45, 7) is 6.05. The zero-order valence-corrected chi connectivity index (χ0v) is 20.5. The topological polar surface area (TPSA) is 87.2 Å². The van der Waals surface area contributed by atoms with Gasteiger partial charge in [0.05, 0.1) is 22.0 Å². The number of nitrogens with one attached hydrogen (secondary N) is 2. The first-order valence-corrected chi connectivity index (χ1v) is 13.1. The summed E-state index contributed by atoms with van der Waals surface area (Å²) < 4.78 is 25.1. The Morgan fingerprint density at radius 3 is 2.24 bits per heavy atom. The number of rotatable bonds is 7. The molecule has 1 aliphatic rings. The van der Waals surface area contributed by atoms with E-state index in [9.17, 15) is 8.42 Å². The average molecular weight is 486 g/mol. The SMILES string of the molecule is CCS(=O)(=O)c1ccc(N2C(C)CCC2C)c(Nc2cc(Nc3ccc(Cl)cc3)ncn2)c1. The Hall–Kier alpha value is -2.84. The van der Waals surface area contributed by atoms with Crippen LogP contribution in [-0.2, 0) is 9.84 Å². The van der Waals surface area contributed by atoms with Gasteiger partial charge in [-0.15, -0.1) is 0 Å². The maximum Gasteiger partial charge on any atom is 0.178 e. The number of hydrogen-bond acceptors (Lipinski definition) is 7. The van der Waals surface area contributed by atoms with E-state index in [0.29, 0.717) is 39.3 Å². The van der Waals surface area contributed by atoms with Crippen LogP contribution in [0.1, 0.15) is 33.6 Å². The molecule has 1 aromatic heterocycles. The van der Waals surface area contributed by atoms with Gasteiger partial charge in [0.25, 0.3) is 0 Å². The van der Waals surface area contributed by atoms with Gasteiger partial charge in [0.2, 0.25) is 0 Å². The maximum atomic E-state index is 12.6. The zero-order valence-electron chi connectivity index (χ0n) is 18.9. The minimum Gasteiger partial charge on any atom is -0.364 e. The number of aromatic nitrogens is 2. The number of benzene rings is 2. The van der Waals surface area contributed by atoms with E-state index < -0.39 is 9.84 Å². The average Bonchev–Trinajstić information content (AvgIpc) is 3.13. The van der Waals surface area contributed by atoms with Gasteiger partial charge in [-0.25, -0.2) is 18.4 Å². The van der Waals surface area contributed by atoms with Crippen molar-refractivity contribution in [2.75, 3.05) is 21.3 Å². The summed E-state index contributed by atoms with van der Waals surface area (Å²) in [5.74, 6) is 1.22. The van der Waals surface area contributed by atoms with E-state index >= 15 is 0 Å². The molecule has 7 nitrogen and oxygen atoms in total. The van der Waals surface area contributed by atoms with E-state index in [-0.39, 0.29) is 5.75 Å². The monoisotopic (exact) mass is 485 g/mol. The smallest absolute Gasteiger partial charge is 0.178 e. The van der Waals surface area contributed by atoms with Crippen LogP contribution in [0, 0.1) is 0 Å². The molecule has 33 heavy (non-hydrogen) atoms. The molecular weight excluding hydrogens is 458 g/mol. The summed E-state index contributed by atoms with van der Waals surface area (Å²) in [5.41, 5.74) is 2.52. The van der Waals surface area contributed by atoms with Crippen LogP contribution < -0.4 is 15.5 Å². The summed E-state index contributed by atoms with van der Waals surface area (Å²) in [7, 11) is -3.35. The summed E-state index contributed by atoms with van der Waals surface area (Å²) in [4.78, 5) is 11.3. The molecule has 2 aromatic carbocycles. The van der Waals surface area contributed by atoms with Gasteiger partial charge in [-0.3, -0.25) is 0 Å². The van der Waals surface area contributed by atoms with Crippen molar-refractivity contribution in [2.45, 2.75) is 50.6 Å². The number of hydrogen-bond donors (Lipinski definition) is 2. The van der Waals surface area contributed by atoms with E-state index in [0.717, 1.165) is 24.2 Å². The lowest BCUT2D eigenvalue weighted by molar-refractivity contribution is 0.597. The molecule has 0 saturated carbocycles. The van der Waals surface area contributed by atoms with Crippen molar-refractivity contribution in [1.29, 1.82) is 0 Å². The van der Waals surface area contributed by atoms with Gasteiger partial charge in [-0.1, -0.05) is 18.5 Å². The second-order valence-electron chi connectivity index (χ2n) is 8.31. The first-order chi connectivity index (χ1) is 15.8. The van der Waals surface area contributed by atoms with Gasteiger partial charge in [0.1, 0.15) is 18.0 Å². The highest BCUT2D eigenvalue weighted by molar-refractivity contribution is 7.91. The Labute approximate surface area is 200 Å². The molecule has 2 unspecified atom stereocenters. The third-order valence-corrected chi connectivity index (χ3v) is 7.97. The predicted octanol–water partition coefficient (Wildman–Crippen LogP) is 5.79. The molecule has 0 spiro atoms. The third kappa shape index (κ3) is 5.23. The van der Waals surface area contributed by atoms with Gasteiger partial charge in [-0.2, -0.15) is 0 Å². The molecule has 1 saturated heterocycles. The van der Waals surface area contributed by atoms with Crippen LogP contribution in [0.3, 0.4) is 0 Å². The van der Waals surface area contributed by atoms with Crippen molar-refractivity contribution in [1.82, 2.24) is 9.97 Å². The molecule has 1 aliphatic heterocycles. The fraction of sp³-hybridized carbons (Fsp3) is 0.333. The number of sulfone groups is 1. The standard InChI is InChI=1S/C24H28ClN5O2S/c1-4-33(31,32)20-11-12-22(30-16(2)5-6-17(30)3)21(13-20)29-24-14-23(26-15-27-24)28-19-9-7-18(25)8-10-19/h7-17H,4-6H2,1-3H3,(H2,26,27,28,29). The van der Waals surface area contributed by atoms with E-state index in [2.05, 4.69) is 39.3 Å². The minimum absolute atomic E-state index is 0.0466. The highest BCUT2D eigenvalue weighted by Crippen LogP contribution is 2.38. The van der Waals surface area contributed by atoms with Gasteiger partial charge in [0.15, 0.2) is 9.84 Å². The Balaban J connectivity index is 1.68. The zero-order chi connectivity index (χ0) is 23.6. The minimum atomic E-state index is -3.35. The fourth-order valence-electron chi connectivity index (χ4n) is 4.18. The lowest BCUT2D eigenvalue weighted by atomic mass is 10.2. The summed E-state index contributed by atoms with van der Waals surface area (Å²) in [6, 6.07) is 15.2. The highest BCUT2D eigenvalue weighted by Gasteiger charge is 2.29. The van der Waals surface area contributed by atoms with Crippen molar-refractivity contribution in [3.63, 3.8) is 0 Å². The normalized spacial score (nSPS) is 18.4. The van der Waals surface area contributed by atoms with Gasteiger partial charge >= 0.3 is 0 Å². The molecule has 2 atom stereocenters. The van der Waals surface area contributed by atoms with Gasteiger partial charge in [-0.05, 0) is 69.2 Å². The molecule has 0 amide bonds. The van der Waals surface area contributed by atoms with E-state index in [1.807, 2.05) is 18.2 Å². The summed E-state index contributed by atoms with van der Waals surface area (Å²) >= 11 is 5.96. The molecule has 0 aliphatic carbocycles.